The van der Waals surface area contributed by atoms with E-state index in [9.17, 15) is 4.79 Å². The van der Waals surface area contributed by atoms with E-state index < -0.39 is 25.0 Å². The Morgan fingerprint density at radius 1 is 0.818 bits per heavy atom. The van der Waals surface area contributed by atoms with Gasteiger partial charge in [0.15, 0.2) is 25.0 Å². The molecule has 0 N–H and O–H groups in total. The Balaban J connectivity index is 1.79. The molecule has 12 atom stereocenters. The van der Waals surface area contributed by atoms with Crippen LogP contribution in [-0.2, 0) is 22.8 Å². The second-order valence-electron chi connectivity index (χ2n) is 18.9. The van der Waals surface area contributed by atoms with Gasteiger partial charge in [0.2, 0.25) is 0 Å². The normalized spacial score (nSPS) is 41.8. The highest BCUT2D eigenvalue weighted by Crippen LogP contribution is 2.71. The number of hydrogen-bond donors (Lipinski definition) is 0. The molecular formula is C36H70O5Si3. The molecule has 0 aromatic rings. The zero-order valence-electron chi connectivity index (χ0n) is 31.2. The number of ether oxygens (including phenoxy) is 1. The molecule has 44 heavy (non-hydrogen) atoms. The Labute approximate surface area is 275 Å². The van der Waals surface area contributed by atoms with Gasteiger partial charge in [-0.1, -0.05) is 34.1 Å². The summed E-state index contributed by atoms with van der Waals surface area (Å²) in [7, 11) is -3.72. The fraction of sp³-hybridized carbons (Fsp3) is 0.972. The van der Waals surface area contributed by atoms with Crippen LogP contribution in [0.4, 0.5) is 0 Å². The Hall–Kier alpha value is 0.000649. The van der Waals surface area contributed by atoms with Crippen molar-refractivity contribution in [1.82, 2.24) is 0 Å². The number of carbonyl (C=O) groups excluding carboxylic acids is 1. The Morgan fingerprint density at radius 2 is 1.43 bits per heavy atom. The van der Waals surface area contributed by atoms with E-state index in [1.165, 1.54) is 45.6 Å². The van der Waals surface area contributed by atoms with Crippen molar-refractivity contribution in [2.45, 2.75) is 163 Å². The van der Waals surface area contributed by atoms with Gasteiger partial charge >= 0.3 is 5.97 Å². The van der Waals surface area contributed by atoms with Crippen LogP contribution < -0.4 is 0 Å². The predicted octanol–water partition coefficient (Wildman–Crippen LogP) is 9.75. The molecule has 5 nitrogen and oxygen atoms in total. The summed E-state index contributed by atoms with van der Waals surface area (Å²) in [5.74, 6) is 3.95. The number of carbonyl (C=O) groups is 1. The van der Waals surface area contributed by atoms with Crippen molar-refractivity contribution in [3.05, 3.63) is 0 Å². The summed E-state index contributed by atoms with van der Waals surface area (Å²) < 4.78 is 26.8. The zero-order chi connectivity index (χ0) is 33.0. The minimum atomic E-state index is -1.81. The maximum absolute atomic E-state index is 12.2. The molecule has 0 radical (unpaired) electrons. The van der Waals surface area contributed by atoms with E-state index in [2.05, 4.69) is 86.6 Å². The second-order valence-corrected chi connectivity index (χ2v) is 32.3. The lowest BCUT2D eigenvalue weighted by atomic mass is 9.41. The van der Waals surface area contributed by atoms with Crippen molar-refractivity contribution < 1.29 is 22.8 Å². The lowest BCUT2D eigenvalue weighted by Gasteiger charge is -2.68. The highest BCUT2D eigenvalue weighted by atomic mass is 28.4. The largest absolute Gasteiger partial charge is 0.469 e. The van der Waals surface area contributed by atoms with Crippen LogP contribution in [0.1, 0.15) is 85.5 Å². The van der Waals surface area contributed by atoms with Crippen molar-refractivity contribution in [3.63, 3.8) is 0 Å². The summed E-state index contributed by atoms with van der Waals surface area (Å²) in [6.45, 7) is 31.6. The van der Waals surface area contributed by atoms with Gasteiger partial charge in [-0.05, 0) is 156 Å². The fourth-order valence-corrected chi connectivity index (χ4v) is 14.8. The van der Waals surface area contributed by atoms with E-state index in [4.69, 9.17) is 18.0 Å². The summed E-state index contributed by atoms with van der Waals surface area (Å²) in [6, 6.07) is 0. The molecule has 0 bridgehead atoms. The van der Waals surface area contributed by atoms with E-state index in [0.29, 0.717) is 65.5 Å². The standard InChI is InChI=1S/C36H70O5Si3/c1-15-26-29-22-25(39-42(6,7)8)20-21-35(29,3)30-23-31(40-43(9,10)11)36(4)27(24(2)16-19-32(37)38-5)17-18-28(36)33(30)34(26)41-44(12,13)14/h24-31,33-34H,15-23H2,1-14H3/t24-,25?,26-,27-,28+,29+,30+,31?,33+,34?,35+,36-/m1/s1. The topological polar surface area (TPSA) is 54.0 Å². The molecule has 8 heteroatoms. The van der Waals surface area contributed by atoms with E-state index >= 15 is 0 Å². The second kappa shape index (κ2) is 13.1. The lowest BCUT2D eigenvalue weighted by Crippen LogP contribution is -2.67. The van der Waals surface area contributed by atoms with Crippen LogP contribution in [0.2, 0.25) is 58.9 Å². The van der Waals surface area contributed by atoms with Gasteiger partial charge < -0.3 is 18.0 Å². The average Bonchev–Trinajstić information content (AvgIpc) is 3.24. The Bertz CT molecular complexity index is 1000. The van der Waals surface area contributed by atoms with Crippen LogP contribution in [0.5, 0.6) is 0 Å². The third-order valence-electron chi connectivity index (χ3n) is 12.7. The molecule has 4 aliphatic carbocycles. The van der Waals surface area contributed by atoms with E-state index in [1.54, 1.807) is 0 Å². The number of esters is 1. The molecule has 0 amide bonds. The highest BCUT2D eigenvalue weighted by Gasteiger charge is 2.68. The Morgan fingerprint density at radius 3 is 1.98 bits per heavy atom. The third kappa shape index (κ3) is 7.50. The van der Waals surface area contributed by atoms with E-state index in [0.717, 1.165) is 12.8 Å². The summed E-state index contributed by atoms with van der Waals surface area (Å²) >= 11 is 0. The molecule has 3 unspecified atom stereocenters. The van der Waals surface area contributed by atoms with Gasteiger partial charge in [0.25, 0.3) is 0 Å². The molecule has 0 spiro atoms. The lowest BCUT2D eigenvalue weighted by molar-refractivity contribution is -0.221. The van der Waals surface area contributed by atoms with Gasteiger partial charge in [0.1, 0.15) is 0 Å². The molecule has 256 valence electrons. The van der Waals surface area contributed by atoms with Crippen molar-refractivity contribution in [2.75, 3.05) is 7.11 Å². The highest BCUT2D eigenvalue weighted by molar-refractivity contribution is 6.70. The van der Waals surface area contributed by atoms with Crippen LogP contribution in [0.25, 0.3) is 0 Å². The first-order valence-corrected chi connectivity index (χ1v) is 28.5. The maximum Gasteiger partial charge on any atom is 0.305 e. The molecule has 0 aromatic heterocycles. The predicted molar refractivity (Wildman–Crippen MR) is 190 cm³/mol. The van der Waals surface area contributed by atoms with Crippen LogP contribution in [-0.4, -0.2) is 56.3 Å². The smallest absolute Gasteiger partial charge is 0.305 e. The number of methoxy groups -OCH3 is 1. The first-order valence-electron chi connectivity index (χ1n) is 18.2. The van der Waals surface area contributed by atoms with Gasteiger partial charge in [0.05, 0.1) is 19.3 Å². The minimum absolute atomic E-state index is 0.0792. The third-order valence-corrected chi connectivity index (χ3v) is 15.7. The average molecular weight is 667 g/mol. The van der Waals surface area contributed by atoms with Gasteiger partial charge in [-0.2, -0.15) is 0 Å². The van der Waals surface area contributed by atoms with Crippen LogP contribution in [0.3, 0.4) is 0 Å². The SMILES string of the molecule is CC[C@H]1C(O[Si](C)(C)C)[C@@H]2[C@H](CC(O[Si](C)(C)C)[C@]3(C)[C@@H]([C@H](C)CCC(=O)OC)CC[C@@H]23)[C@@]2(C)CCC(O[Si](C)(C)C)C[C@@H]12. The summed E-state index contributed by atoms with van der Waals surface area (Å²) in [5.41, 5.74) is 0.387. The van der Waals surface area contributed by atoms with Crippen LogP contribution >= 0.6 is 0 Å². The van der Waals surface area contributed by atoms with Crippen molar-refractivity contribution in [1.29, 1.82) is 0 Å². The van der Waals surface area contributed by atoms with E-state index in [-0.39, 0.29) is 17.5 Å². The summed E-state index contributed by atoms with van der Waals surface area (Å²) in [6.07, 6.45) is 10.9. The molecule has 4 aliphatic rings. The van der Waals surface area contributed by atoms with Gasteiger partial charge in [0, 0.05) is 12.5 Å². The van der Waals surface area contributed by atoms with Gasteiger partial charge in [-0.15, -0.1) is 0 Å². The molecule has 4 saturated carbocycles. The Kier molecular flexibility index (Phi) is 11.0. The zero-order valence-corrected chi connectivity index (χ0v) is 34.2. The van der Waals surface area contributed by atoms with Crippen LogP contribution in [0.15, 0.2) is 0 Å². The minimum Gasteiger partial charge on any atom is -0.469 e. The molecule has 0 aliphatic heterocycles. The van der Waals surface area contributed by atoms with E-state index in [1.807, 2.05) is 0 Å². The van der Waals surface area contributed by atoms with Gasteiger partial charge in [-0.25, -0.2) is 0 Å². The first kappa shape index (κ1) is 36.8. The van der Waals surface area contributed by atoms with Crippen LogP contribution in [0, 0.1) is 52.3 Å². The van der Waals surface area contributed by atoms with Crippen molar-refractivity contribution >= 4 is 30.9 Å². The molecular weight excluding hydrogens is 597 g/mol. The first-order chi connectivity index (χ1) is 20.1. The van der Waals surface area contributed by atoms with Crippen molar-refractivity contribution in [2.24, 2.45) is 52.3 Å². The molecule has 0 heterocycles. The maximum atomic E-state index is 12.2. The number of rotatable bonds is 11. The fourth-order valence-electron chi connectivity index (χ4n) is 11.2. The monoisotopic (exact) mass is 666 g/mol. The molecule has 0 aromatic carbocycles. The molecule has 4 rings (SSSR count). The van der Waals surface area contributed by atoms with Crippen molar-refractivity contribution in [3.8, 4) is 0 Å². The number of fused-ring (bicyclic) bond motifs is 5. The quantitative estimate of drug-likeness (QED) is 0.162. The van der Waals surface area contributed by atoms with Gasteiger partial charge in [-0.3, -0.25) is 4.79 Å². The molecule has 0 saturated heterocycles. The number of hydrogen-bond acceptors (Lipinski definition) is 5. The summed E-state index contributed by atoms with van der Waals surface area (Å²) in [4.78, 5) is 12.2. The summed E-state index contributed by atoms with van der Waals surface area (Å²) in [5, 5.41) is 0. The molecule has 4 fully saturated rings.